The first-order valence-electron chi connectivity index (χ1n) is 2.76. The molecule has 0 nitrogen and oxygen atoms in total. The average Bonchev–Trinajstić information content (AvgIpc) is 2.01. The first-order valence-corrected chi connectivity index (χ1v) is 2.76. The van der Waals surface area contributed by atoms with E-state index in [4.69, 9.17) is 0 Å². The predicted molar refractivity (Wildman–Crippen MR) is 29.2 cm³/mol. The lowest BCUT2D eigenvalue weighted by Crippen LogP contribution is -2.18. The Labute approximate surface area is 71.8 Å². The first kappa shape index (κ1) is 12.7. The number of hydrogen-bond donors (Lipinski definition) is 0. The first-order chi connectivity index (χ1) is 6.19. The van der Waals surface area contributed by atoms with E-state index in [1.165, 1.54) is 0 Å². The highest BCUT2D eigenvalue weighted by Crippen LogP contribution is 2.36. The standard InChI is InChI=1S/C6F8/c7-2(1-3(8)9)6(13,14)4(10)5(11)12. The summed E-state index contributed by atoms with van der Waals surface area (Å²) in [6, 6.07) is 0. The molecule has 0 bridgehead atoms. The number of halogens is 8. The smallest absolute Gasteiger partial charge is 0.199 e. The zero-order valence-corrected chi connectivity index (χ0v) is 6.02. The van der Waals surface area contributed by atoms with Crippen molar-refractivity contribution in [3.63, 3.8) is 0 Å². The van der Waals surface area contributed by atoms with Gasteiger partial charge in [0, 0.05) is 0 Å². The molecule has 0 aromatic heterocycles. The molecule has 14 heavy (non-hydrogen) atoms. The SMILES string of the molecule is FC(F)=C=C(F)C(F)(F)C(F)=C(F)F. The molecule has 8 heteroatoms. The summed E-state index contributed by atoms with van der Waals surface area (Å²) in [7, 11) is 0. The minimum absolute atomic E-state index is 0.0946. The molecule has 0 radical (unpaired) electrons. The zero-order valence-electron chi connectivity index (χ0n) is 6.02. The van der Waals surface area contributed by atoms with Crippen molar-refractivity contribution in [1.29, 1.82) is 0 Å². The van der Waals surface area contributed by atoms with Crippen molar-refractivity contribution < 1.29 is 35.1 Å². The molecular formula is C6F8. The van der Waals surface area contributed by atoms with E-state index in [0.717, 1.165) is 0 Å². The van der Waals surface area contributed by atoms with Gasteiger partial charge in [-0.3, -0.25) is 0 Å². The molecule has 0 amide bonds. The van der Waals surface area contributed by atoms with Crippen LogP contribution in [0.3, 0.4) is 0 Å². The summed E-state index contributed by atoms with van der Waals surface area (Å²) in [6.45, 7) is 0. The second-order valence-electron chi connectivity index (χ2n) is 1.85. The van der Waals surface area contributed by atoms with Crippen LogP contribution in [0.2, 0.25) is 0 Å². The highest BCUT2D eigenvalue weighted by molar-refractivity contribution is 5.19. The largest absolute Gasteiger partial charge is 0.362 e. The summed E-state index contributed by atoms with van der Waals surface area (Å²) in [5.41, 5.74) is 0.0946. The molecule has 0 heterocycles. The van der Waals surface area contributed by atoms with Gasteiger partial charge in [-0.1, -0.05) is 0 Å². The molecule has 0 aliphatic heterocycles. The van der Waals surface area contributed by atoms with E-state index in [9.17, 15) is 35.1 Å². The fourth-order valence-corrected chi connectivity index (χ4v) is 0.376. The molecule has 0 unspecified atom stereocenters. The molecule has 0 aromatic rings. The monoisotopic (exact) mass is 224 g/mol. The molecule has 80 valence electrons. The van der Waals surface area contributed by atoms with Crippen LogP contribution in [0.5, 0.6) is 0 Å². The lowest BCUT2D eigenvalue weighted by molar-refractivity contribution is 0.0265. The van der Waals surface area contributed by atoms with Crippen LogP contribution < -0.4 is 0 Å². The van der Waals surface area contributed by atoms with Gasteiger partial charge in [0.2, 0.25) is 11.7 Å². The Morgan fingerprint density at radius 3 is 1.57 bits per heavy atom. The Balaban J connectivity index is 5.40. The molecule has 0 N–H and O–H groups in total. The molecule has 0 atom stereocenters. The predicted octanol–water partition coefficient (Wildman–Crippen LogP) is 3.93. The maximum absolute atomic E-state index is 12.1. The summed E-state index contributed by atoms with van der Waals surface area (Å²) in [4.78, 5) is 0. The van der Waals surface area contributed by atoms with Crippen LogP contribution in [-0.2, 0) is 0 Å². The van der Waals surface area contributed by atoms with Gasteiger partial charge in [-0.05, 0) is 5.73 Å². The summed E-state index contributed by atoms with van der Waals surface area (Å²) in [5.74, 6) is -12.0. The van der Waals surface area contributed by atoms with E-state index < -0.39 is 29.7 Å². The normalized spacial score (nSPS) is 10.6. The van der Waals surface area contributed by atoms with Gasteiger partial charge < -0.3 is 0 Å². The summed E-state index contributed by atoms with van der Waals surface area (Å²) >= 11 is 0. The maximum Gasteiger partial charge on any atom is 0.362 e. The molecular weight excluding hydrogens is 224 g/mol. The number of allylic oxidation sites excluding steroid dienone is 2. The van der Waals surface area contributed by atoms with Gasteiger partial charge in [0.25, 0.3) is 0 Å². The van der Waals surface area contributed by atoms with E-state index >= 15 is 0 Å². The van der Waals surface area contributed by atoms with Crippen molar-refractivity contribution in [3.8, 4) is 0 Å². The van der Waals surface area contributed by atoms with Crippen LogP contribution in [0.4, 0.5) is 35.1 Å². The quantitative estimate of drug-likeness (QED) is 0.492. The van der Waals surface area contributed by atoms with Crippen molar-refractivity contribution in [2.45, 2.75) is 5.92 Å². The van der Waals surface area contributed by atoms with Gasteiger partial charge in [-0.25, -0.2) is 0 Å². The second kappa shape index (κ2) is 4.28. The van der Waals surface area contributed by atoms with Crippen molar-refractivity contribution in [2.75, 3.05) is 0 Å². The maximum atomic E-state index is 12.1. The van der Waals surface area contributed by atoms with Gasteiger partial charge in [-0.2, -0.15) is 35.1 Å². The lowest BCUT2D eigenvalue weighted by atomic mass is 10.3. The Kier molecular flexibility index (Phi) is 3.88. The molecule has 0 rings (SSSR count). The van der Waals surface area contributed by atoms with E-state index in [1.807, 2.05) is 0 Å². The van der Waals surface area contributed by atoms with E-state index in [2.05, 4.69) is 0 Å². The molecule has 0 saturated heterocycles. The van der Waals surface area contributed by atoms with Crippen molar-refractivity contribution >= 4 is 0 Å². The topological polar surface area (TPSA) is 0 Å². The summed E-state index contributed by atoms with van der Waals surface area (Å²) in [5, 5.41) is 0. The van der Waals surface area contributed by atoms with Crippen LogP contribution in [0.1, 0.15) is 0 Å². The molecule has 0 saturated carbocycles. The molecule has 0 aromatic carbocycles. The summed E-state index contributed by atoms with van der Waals surface area (Å²) in [6.07, 6.45) is -6.51. The highest BCUT2D eigenvalue weighted by Gasteiger charge is 2.44. The number of alkyl halides is 2. The zero-order chi connectivity index (χ0) is 11.5. The van der Waals surface area contributed by atoms with Gasteiger partial charge in [0.1, 0.15) is 0 Å². The number of hydrogen-bond acceptors (Lipinski definition) is 0. The lowest BCUT2D eigenvalue weighted by Gasteiger charge is -2.08. The fourth-order valence-electron chi connectivity index (χ4n) is 0.376. The Hall–Kier alpha value is -1.30. The molecule has 0 spiro atoms. The van der Waals surface area contributed by atoms with Crippen LogP contribution >= 0.6 is 0 Å². The minimum atomic E-state index is -5.43. The fraction of sp³-hybridized carbons (Fsp3) is 0.167. The Morgan fingerprint density at radius 2 is 1.29 bits per heavy atom. The van der Waals surface area contributed by atoms with E-state index in [0.29, 0.717) is 0 Å². The molecule has 0 fully saturated rings. The van der Waals surface area contributed by atoms with Crippen LogP contribution in [0.15, 0.2) is 29.5 Å². The minimum Gasteiger partial charge on any atom is -0.199 e. The van der Waals surface area contributed by atoms with Gasteiger partial charge >= 0.3 is 18.1 Å². The van der Waals surface area contributed by atoms with E-state index in [-0.39, 0.29) is 5.73 Å². The third-order valence-electron chi connectivity index (χ3n) is 0.921. The van der Waals surface area contributed by atoms with Gasteiger partial charge in [0.05, 0.1) is 0 Å². The Morgan fingerprint density at radius 1 is 0.857 bits per heavy atom. The van der Waals surface area contributed by atoms with Crippen molar-refractivity contribution in [1.82, 2.24) is 0 Å². The number of rotatable bonds is 2. The Bertz CT molecular complexity index is 311. The molecule has 0 aliphatic carbocycles. The average molecular weight is 224 g/mol. The van der Waals surface area contributed by atoms with Gasteiger partial charge in [-0.15, -0.1) is 0 Å². The third-order valence-corrected chi connectivity index (χ3v) is 0.921. The summed E-state index contributed by atoms with van der Waals surface area (Å²) < 4.78 is 92.8. The third kappa shape index (κ3) is 2.88. The molecule has 0 aliphatic rings. The van der Waals surface area contributed by atoms with Crippen molar-refractivity contribution in [3.05, 3.63) is 29.5 Å². The van der Waals surface area contributed by atoms with Crippen LogP contribution in [-0.4, -0.2) is 5.92 Å². The van der Waals surface area contributed by atoms with Crippen molar-refractivity contribution in [2.24, 2.45) is 0 Å². The van der Waals surface area contributed by atoms with Gasteiger partial charge in [0.15, 0.2) is 0 Å². The second-order valence-corrected chi connectivity index (χ2v) is 1.85. The van der Waals surface area contributed by atoms with Crippen LogP contribution in [0, 0.1) is 0 Å². The highest BCUT2D eigenvalue weighted by atomic mass is 19.3. The van der Waals surface area contributed by atoms with E-state index in [1.54, 1.807) is 0 Å². The van der Waals surface area contributed by atoms with Crippen LogP contribution in [0.25, 0.3) is 0 Å².